The summed E-state index contributed by atoms with van der Waals surface area (Å²) in [5.74, 6) is -2.40. The molecule has 1 fully saturated rings. The van der Waals surface area contributed by atoms with Crippen molar-refractivity contribution in [1.82, 2.24) is 20.5 Å². The number of benzene rings is 2. The number of carbonyl (C=O) groups excluding carboxylic acids is 5. The van der Waals surface area contributed by atoms with Crippen LogP contribution in [0.3, 0.4) is 0 Å². The van der Waals surface area contributed by atoms with E-state index >= 15 is 0 Å². The topological polar surface area (TPSA) is 162 Å². The normalized spacial score (nSPS) is 17.1. The molecule has 1 aromatic heterocycles. The van der Waals surface area contributed by atoms with E-state index in [1.807, 2.05) is 49.4 Å². The molecule has 2 aromatic carbocycles. The van der Waals surface area contributed by atoms with E-state index in [0.717, 1.165) is 5.56 Å². The third kappa shape index (κ3) is 10.9. The van der Waals surface area contributed by atoms with Crippen molar-refractivity contribution in [1.29, 1.82) is 0 Å². The predicted octanol–water partition coefficient (Wildman–Crippen LogP) is 6.00. The maximum atomic E-state index is 14.4. The van der Waals surface area contributed by atoms with Gasteiger partial charge in [0.1, 0.15) is 40.9 Å². The zero-order valence-corrected chi connectivity index (χ0v) is 33.0. The Kier molecular flexibility index (Phi) is 13.3. The first-order valence-electron chi connectivity index (χ1n) is 18.4. The summed E-state index contributed by atoms with van der Waals surface area (Å²) >= 11 is 0. The molecule has 0 spiro atoms. The molecule has 1 saturated heterocycles. The van der Waals surface area contributed by atoms with Gasteiger partial charge in [0.15, 0.2) is 0 Å². The number of esters is 1. The summed E-state index contributed by atoms with van der Waals surface area (Å²) in [6, 6.07) is 13.5. The molecule has 3 amide bonds. The lowest BCUT2D eigenvalue weighted by Gasteiger charge is -2.31. The zero-order chi connectivity index (χ0) is 40.0. The highest BCUT2D eigenvalue weighted by Crippen LogP contribution is 2.35. The van der Waals surface area contributed by atoms with Gasteiger partial charge in [-0.05, 0) is 66.0 Å². The Labute approximate surface area is 317 Å². The molecular weight excluding hydrogens is 692 g/mol. The average Bonchev–Trinajstić information content (AvgIpc) is 3.52. The fourth-order valence-corrected chi connectivity index (χ4v) is 6.13. The van der Waals surface area contributed by atoms with E-state index in [0.29, 0.717) is 34.5 Å². The van der Waals surface area contributed by atoms with Crippen LogP contribution in [0, 0.1) is 5.92 Å². The number of carbonyl (C=O) groups is 5. The van der Waals surface area contributed by atoms with Crippen LogP contribution < -0.4 is 20.1 Å². The van der Waals surface area contributed by atoms with Gasteiger partial charge < -0.3 is 34.5 Å². The van der Waals surface area contributed by atoms with Crippen molar-refractivity contribution in [2.75, 3.05) is 13.7 Å². The number of methoxy groups -OCH3 is 1. The van der Waals surface area contributed by atoms with Crippen molar-refractivity contribution in [3.63, 3.8) is 0 Å². The van der Waals surface area contributed by atoms with Crippen molar-refractivity contribution in [3.05, 3.63) is 54.6 Å². The number of hydrogen-bond acceptors (Lipinski definition) is 10. The van der Waals surface area contributed by atoms with Gasteiger partial charge in [-0.1, -0.05) is 57.5 Å². The minimum absolute atomic E-state index is 0.0186. The molecule has 2 N–H and O–H groups in total. The smallest absolute Gasteiger partial charge is 0.408 e. The number of fused-ring (bicyclic) bond motifs is 1. The van der Waals surface area contributed by atoms with Crippen LogP contribution in [-0.2, 0) is 28.7 Å². The third-order valence-electron chi connectivity index (χ3n) is 8.61. The largest absolute Gasteiger partial charge is 0.497 e. The summed E-state index contributed by atoms with van der Waals surface area (Å²) in [5, 5.41) is 6.12. The fourth-order valence-electron chi connectivity index (χ4n) is 6.13. The minimum atomic E-state index is -1.18. The van der Waals surface area contributed by atoms with Gasteiger partial charge in [-0.3, -0.25) is 14.4 Å². The van der Waals surface area contributed by atoms with Crippen LogP contribution in [0.4, 0.5) is 4.79 Å². The molecule has 2 heterocycles. The number of nitrogens with one attached hydrogen (secondary N) is 2. The van der Waals surface area contributed by atoms with Gasteiger partial charge in [-0.25, -0.2) is 14.6 Å². The highest BCUT2D eigenvalue weighted by atomic mass is 16.6. The number of Topliss-reactive ketones (excluding diaryl/α,β-unsaturated/α-hetero) is 1. The van der Waals surface area contributed by atoms with Crippen LogP contribution >= 0.6 is 0 Å². The maximum Gasteiger partial charge on any atom is 0.408 e. The highest BCUT2D eigenvalue weighted by Gasteiger charge is 2.45. The molecule has 4 unspecified atom stereocenters. The number of ether oxygens (including phenoxy) is 4. The Balaban J connectivity index is 1.71. The number of aromatic nitrogens is 1. The van der Waals surface area contributed by atoms with E-state index in [-0.39, 0.29) is 25.3 Å². The lowest BCUT2D eigenvalue weighted by atomic mass is 10.0. The summed E-state index contributed by atoms with van der Waals surface area (Å²) in [4.78, 5) is 73.7. The molecule has 0 bridgehead atoms. The monoisotopic (exact) mass is 746 g/mol. The zero-order valence-electron chi connectivity index (χ0n) is 33.0. The van der Waals surface area contributed by atoms with Gasteiger partial charge >= 0.3 is 12.1 Å². The summed E-state index contributed by atoms with van der Waals surface area (Å²) < 4.78 is 22.9. The quantitative estimate of drug-likeness (QED) is 0.157. The Morgan fingerprint density at radius 1 is 0.907 bits per heavy atom. The standard InChI is InChI=1S/C41H54N4O9/c1-11-15-29(35(46)38(49)53-40(4,5)6)43-36(47)32-21-27(23-45(32)37(48)34(24(2)3)44-39(50)54-41(7,8)9)52-33-22-30(25-16-13-12-14-17-25)42-31-20-26(51-10)18-19-28(31)33/h12-14,16-20,22,24,27,29,32,34H,11,15,21,23H2,1-10H3,(H,43,47)(H,44,50). The number of likely N-dealkylation sites (tertiary alicyclic amines) is 1. The molecule has 4 rings (SSSR count). The van der Waals surface area contributed by atoms with Crippen LogP contribution in [0.25, 0.3) is 22.2 Å². The molecule has 0 saturated carbocycles. The first kappa shape index (κ1) is 41.6. The molecular formula is C41H54N4O9. The molecule has 4 atom stereocenters. The van der Waals surface area contributed by atoms with Crippen molar-refractivity contribution in [3.8, 4) is 22.8 Å². The second-order valence-electron chi connectivity index (χ2n) is 15.8. The van der Waals surface area contributed by atoms with Gasteiger partial charge in [0.05, 0.1) is 30.9 Å². The number of ketones is 1. The van der Waals surface area contributed by atoms with E-state index in [4.69, 9.17) is 23.9 Å². The SMILES string of the molecule is CCCC(NC(=O)C1CC(Oc2cc(-c3ccccc3)nc3cc(OC)ccc23)CN1C(=O)C(NC(=O)OC(C)(C)C)C(C)C)C(=O)C(=O)OC(C)(C)C. The summed E-state index contributed by atoms with van der Waals surface area (Å²) in [6.45, 7) is 15.5. The molecule has 13 nitrogen and oxygen atoms in total. The molecule has 54 heavy (non-hydrogen) atoms. The lowest BCUT2D eigenvalue weighted by molar-refractivity contribution is -0.163. The van der Waals surface area contributed by atoms with Gasteiger partial charge in [-0.2, -0.15) is 0 Å². The maximum absolute atomic E-state index is 14.4. The number of hydrogen-bond donors (Lipinski definition) is 2. The Hall–Kier alpha value is -5.20. The van der Waals surface area contributed by atoms with Crippen LogP contribution in [0.1, 0.15) is 81.6 Å². The molecule has 13 heteroatoms. The highest BCUT2D eigenvalue weighted by molar-refractivity contribution is 6.36. The van der Waals surface area contributed by atoms with Crippen LogP contribution in [-0.4, -0.2) is 88.6 Å². The van der Waals surface area contributed by atoms with Crippen molar-refractivity contribution >= 4 is 40.6 Å². The van der Waals surface area contributed by atoms with Crippen molar-refractivity contribution < 1.29 is 42.9 Å². The van der Waals surface area contributed by atoms with Crippen LogP contribution in [0.15, 0.2) is 54.6 Å². The first-order chi connectivity index (χ1) is 25.3. The molecule has 1 aliphatic heterocycles. The number of alkyl carbamates (subject to hydrolysis) is 1. The second kappa shape index (κ2) is 17.3. The van der Waals surface area contributed by atoms with Crippen LogP contribution in [0.5, 0.6) is 11.5 Å². The molecule has 0 radical (unpaired) electrons. The minimum Gasteiger partial charge on any atom is -0.497 e. The van der Waals surface area contributed by atoms with E-state index in [1.165, 1.54) is 4.90 Å². The van der Waals surface area contributed by atoms with Crippen molar-refractivity contribution in [2.24, 2.45) is 5.92 Å². The number of rotatable bonds is 13. The second-order valence-corrected chi connectivity index (χ2v) is 15.8. The first-order valence-corrected chi connectivity index (χ1v) is 18.4. The molecule has 1 aliphatic rings. The van der Waals surface area contributed by atoms with E-state index in [9.17, 15) is 24.0 Å². The predicted molar refractivity (Wildman–Crippen MR) is 204 cm³/mol. The van der Waals surface area contributed by atoms with Crippen LogP contribution in [0.2, 0.25) is 0 Å². The third-order valence-corrected chi connectivity index (χ3v) is 8.61. The van der Waals surface area contributed by atoms with Gasteiger partial charge in [-0.15, -0.1) is 0 Å². The van der Waals surface area contributed by atoms with Gasteiger partial charge in [0.25, 0.3) is 5.78 Å². The molecule has 0 aliphatic carbocycles. The van der Waals surface area contributed by atoms with E-state index in [1.54, 1.807) is 74.6 Å². The summed E-state index contributed by atoms with van der Waals surface area (Å²) in [7, 11) is 1.57. The Bertz CT molecular complexity index is 1830. The van der Waals surface area contributed by atoms with Gasteiger partial charge in [0, 0.05) is 29.5 Å². The Morgan fingerprint density at radius 3 is 2.17 bits per heavy atom. The van der Waals surface area contributed by atoms with E-state index < -0.39 is 65.1 Å². The summed E-state index contributed by atoms with van der Waals surface area (Å²) in [5.41, 5.74) is 0.403. The average molecular weight is 747 g/mol. The number of pyridine rings is 1. The summed E-state index contributed by atoms with van der Waals surface area (Å²) in [6.07, 6.45) is -0.762. The van der Waals surface area contributed by atoms with Gasteiger partial charge in [0.2, 0.25) is 11.8 Å². The number of amides is 3. The van der Waals surface area contributed by atoms with E-state index in [2.05, 4.69) is 10.6 Å². The number of nitrogens with zero attached hydrogens (tertiary/aromatic N) is 2. The fraction of sp³-hybridized carbons (Fsp3) is 0.512. The Morgan fingerprint density at radius 2 is 1.57 bits per heavy atom. The van der Waals surface area contributed by atoms with Crippen molar-refractivity contribution in [2.45, 2.75) is 117 Å². The molecule has 292 valence electrons. The molecule has 3 aromatic rings. The lowest BCUT2D eigenvalue weighted by Crippen LogP contribution is -2.57.